The van der Waals surface area contributed by atoms with Crippen LogP contribution in [0.4, 0.5) is 0 Å². The van der Waals surface area contributed by atoms with E-state index in [0.717, 1.165) is 31.4 Å². The second-order valence-electron chi connectivity index (χ2n) is 11.2. The Morgan fingerprint density at radius 1 is 0.841 bits per heavy atom. The molecule has 0 aliphatic carbocycles. The van der Waals surface area contributed by atoms with Crippen molar-refractivity contribution in [1.29, 1.82) is 0 Å². The van der Waals surface area contributed by atoms with Crippen LogP contribution in [0.2, 0.25) is 0 Å². The highest BCUT2D eigenvalue weighted by Crippen LogP contribution is 2.42. The number of aromatic hydroxyl groups is 3. The van der Waals surface area contributed by atoms with E-state index in [4.69, 9.17) is 18.3 Å². The van der Waals surface area contributed by atoms with E-state index in [1.165, 1.54) is 37.8 Å². The Hall–Kier alpha value is -3.81. The highest BCUT2D eigenvalue weighted by atomic mass is 16.7. The van der Waals surface area contributed by atoms with Gasteiger partial charge < -0.3 is 54.1 Å². The Balaban J connectivity index is 1.57. The van der Waals surface area contributed by atoms with Crippen LogP contribution in [0, 0.1) is 0 Å². The monoisotopic (exact) mass is 614 g/mol. The van der Waals surface area contributed by atoms with Crippen molar-refractivity contribution in [2.45, 2.75) is 89.0 Å². The number of benzene rings is 2. The first kappa shape index (κ1) is 31.6. The Morgan fingerprint density at radius 3 is 2.30 bits per heavy atom. The summed E-state index contributed by atoms with van der Waals surface area (Å²) in [5.74, 6) is -1.27. The molecule has 2 aromatic heterocycles. The fourth-order valence-corrected chi connectivity index (χ4v) is 5.57. The Labute approximate surface area is 252 Å². The van der Waals surface area contributed by atoms with E-state index in [1.54, 1.807) is 6.07 Å². The van der Waals surface area contributed by atoms with Crippen molar-refractivity contribution in [2.75, 3.05) is 6.61 Å². The van der Waals surface area contributed by atoms with E-state index in [2.05, 4.69) is 6.92 Å². The zero-order valence-electron chi connectivity index (χ0n) is 24.3. The minimum atomic E-state index is -1.84. The van der Waals surface area contributed by atoms with Gasteiger partial charge in [0.1, 0.15) is 52.6 Å². The third kappa shape index (κ3) is 6.21. The summed E-state index contributed by atoms with van der Waals surface area (Å²) in [5.41, 5.74) is -0.699. The number of unbranched alkanes of at least 4 members (excludes halogenated alkanes) is 6. The normalized spacial score (nSPS) is 22.2. The number of hydrogen-bond donors (Lipinski definition) is 7. The first-order valence-corrected chi connectivity index (χ1v) is 14.9. The zero-order chi connectivity index (χ0) is 31.5. The van der Waals surface area contributed by atoms with E-state index in [0.29, 0.717) is 17.6 Å². The molecule has 1 aliphatic heterocycles. The quantitative estimate of drug-likeness (QED) is 0.114. The molecule has 12 nitrogen and oxygen atoms in total. The third-order valence-corrected chi connectivity index (χ3v) is 7.99. The van der Waals surface area contributed by atoms with E-state index >= 15 is 0 Å². The van der Waals surface area contributed by atoms with Gasteiger partial charge in [-0.05, 0) is 24.6 Å². The number of phenolic OH excluding ortho intramolecular Hbond substituents is 3. The number of aliphatic hydroxyl groups excluding tert-OH is 4. The van der Waals surface area contributed by atoms with Crippen LogP contribution < -0.4 is 10.2 Å². The number of furan rings is 1. The molecule has 0 saturated carbocycles. The largest absolute Gasteiger partial charge is 0.508 e. The van der Waals surface area contributed by atoms with E-state index in [-0.39, 0.29) is 39.4 Å². The summed E-state index contributed by atoms with van der Waals surface area (Å²) in [6.45, 7) is 1.45. The summed E-state index contributed by atoms with van der Waals surface area (Å²) in [5, 5.41) is 71.9. The van der Waals surface area contributed by atoms with Crippen molar-refractivity contribution in [2.24, 2.45) is 0 Å². The van der Waals surface area contributed by atoms with Crippen LogP contribution in [-0.2, 0) is 11.2 Å². The number of aliphatic hydroxyl groups is 4. The van der Waals surface area contributed by atoms with Crippen LogP contribution in [-0.4, -0.2) is 73.1 Å². The third-order valence-electron chi connectivity index (χ3n) is 7.99. The predicted octanol–water partition coefficient (Wildman–Crippen LogP) is 3.79. The van der Waals surface area contributed by atoms with Gasteiger partial charge in [-0.1, -0.05) is 45.4 Å². The van der Waals surface area contributed by atoms with Crippen molar-refractivity contribution >= 4 is 21.9 Å². The number of rotatable bonds is 12. The fourth-order valence-electron chi connectivity index (χ4n) is 5.57. The lowest BCUT2D eigenvalue weighted by atomic mass is 9.99. The SMILES string of the molecule is CCCCCCCCCc1cc2c(-c3oc4cc(O)cc(O)c4c(=O)c3OC3OC(CO)C(O)C(O)C3O)ccc(O)c2o1. The number of phenols is 3. The summed E-state index contributed by atoms with van der Waals surface area (Å²) in [6, 6.07) is 6.62. The molecule has 0 radical (unpaired) electrons. The molecule has 1 saturated heterocycles. The van der Waals surface area contributed by atoms with Crippen LogP contribution in [0.1, 0.15) is 57.6 Å². The summed E-state index contributed by atoms with van der Waals surface area (Å²) in [7, 11) is 0. The van der Waals surface area contributed by atoms with Crippen molar-refractivity contribution in [3.63, 3.8) is 0 Å². The van der Waals surface area contributed by atoms with Gasteiger partial charge in [0.2, 0.25) is 17.5 Å². The van der Waals surface area contributed by atoms with E-state index in [1.807, 2.05) is 0 Å². The predicted molar refractivity (Wildman–Crippen MR) is 159 cm³/mol. The Bertz CT molecular complexity index is 1660. The zero-order valence-corrected chi connectivity index (χ0v) is 24.3. The molecule has 5 atom stereocenters. The first-order valence-electron chi connectivity index (χ1n) is 14.9. The Morgan fingerprint density at radius 2 is 1.57 bits per heavy atom. The molecule has 0 bridgehead atoms. The van der Waals surface area contributed by atoms with E-state index in [9.17, 15) is 40.5 Å². The van der Waals surface area contributed by atoms with E-state index < -0.39 is 54.2 Å². The molecule has 5 rings (SSSR count). The number of hydrogen-bond acceptors (Lipinski definition) is 12. The number of ether oxygens (including phenoxy) is 2. The van der Waals surface area contributed by atoms with Crippen LogP contribution in [0.15, 0.2) is 44.0 Å². The van der Waals surface area contributed by atoms with Crippen LogP contribution in [0.5, 0.6) is 23.0 Å². The molecule has 238 valence electrons. The van der Waals surface area contributed by atoms with Gasteiger partial charge in [-0.3, -0.25) is 4.79 Å². The smallest absolute Gasteiger partial charge is 0.239 e. The van der Waals surface area contributed by atoms with Gasteiger partial charge in [0.05, 0.1) is 6.61 Å². The number of aryl methyl sites for hydroxylation is 1. The van der Waals surface area contributed by atoms with Crippen molar-refractivity contribution in [1.82, 2.24) is 0 Å². The van der Waals surface area contributed by atoms with Gasteiger partial charge in [0.25, 0.3) is 0 Å². The van der Waals surface area contributed by atoms with Gasteiger partial charge in [-0.15, -0.1) is 0 Å². The molecule has 1 aliphatic rings. The standard InChI is InChI=1S/C32H38O12/c1-2-3-4-5-6-7-8-9-17-14-19-18(10-11-20(35)29(19)41-17)30-31(26(38)24-21(36)12-16(34)13-22(24)42-30)44-32-28(40)27(39)25(37)23(15-33)43-32/h10-14,23,25,27-28,32-37,39-40H,2-9,15H2,1H3. The lowest BCUT2D eigenvalue weighted by molar-refractivity contribution is -0.277. The average Bonchev–Trinajstić information content (AvgIpc) is 3.43. The second kappa shape index (κ2) is 13.4. The molecule has 3 heterocycles. The van der Waals surface area contributed by atoms with Gasteiger partial charge in [0, 0.05) is 29.5 Å². The molecule has 12 heteroatoms. The molecule has 1 fully saturated rings. The van der Waals surface area contributed by atoms with Crippen LogP contribution in [0.25, 0.3) is 33.3 Å². The maximum absolute atomic E-state index is 13.8. The molecule has 4 aromatic rings. The van der Waals surface area contributed by atoms with Crippen molar-refractivity contribution in [3.8, 4) is 34.3 Å². The molecule has 0 amide bonds. The Kier molecular flexibility index (Phi) is 9.66. The lowest BCUT2D eigenvalue weighted by Crippen LogP contribution is -2.60. The molecule has 44 heavy (non-hydrogen) atoms. The maximum atomic E-state index is 13.8. The molecule has 2 aromatic carbocycles. The van der Waals surface area contributed by atoms with Gasteiger partial charge in [0.15, 0.2) is 17.1 Å². The van der Waals surface area contributed by atoms with Gasteiger partial charge in [-0.25, -0.2) is 0 Å². The van der Waals surface area contributed by atoms with Gasteiger partial charge >= 0.3 is 0 Å². The average molecular weight is 615 g/mol. The highest BCUT2D eigenvalue weighted by Gasteiger charge is 2.45. The van der Waals surface area contributed by atoms with Crippen molar-refractivity contribution < 1.29 is 54.1 Å². The summed E-state index contributed by atoms with van der Waals surface area (Å²) in [4.78, 5) is 13.8. The molecule has 5 unspecified atom stereocenters. The van der Waals surface area contributed by atoms with Crippen LogP contribution in [0.3, 0.4) is 0 Å². The minimum Gasteiger partial charge on any atom is -0.508 e. The summed E-state index contributed by atoms with van der Waals surface area (Å²) >= 11 is 0. The summed E-state index contributed by atoms with van der Waals surface area (Å²) in [6.07, 6.45) is 0.0420. The number of fused-ring (bicyclic) bond motifs is 2. The molecular weight excluding hydrogens is 576 g/mol. The molecule has 0 spiro atoms. The molecular formula is C32H38O12. The second-order valence-corrected chi connectivity index (χ2v) is 11.2. The van der Waals surface area contributed by atoms with Crippen LogP contribution >= 0.6 is 0 Å². The fraction of sp³-hybridized carbons (Fsp3) is 0.469. The van der Waals surface area contributed by atoms with Crippen molar-refractivity contribution in [3.05, 3.63) is 46.3 Å². The van der Waals surface area contributed by atoms with Gasteiger partial charge in [-0.2, -0.15) is 0 Å². The highest BCUT2D eigenvalue weighted by molar-refractivity contribution is 5.99. The summed E-state index contributed by atoms with van der Waals surface area (Å²) < 4.78 is 23.3. The lowest BCUT2D eigenvalue weighted by Gasteiger charge is -2.39. The maximum Gasteiger partial charge on any atom is 0.239 e. The topological polar surface area (TPSA) is 203 Å². The molecule has 7 N–H and O–H groups in total. The minimum absolute atomic E-state index is 0.140. The first-order chi connectivity index (χ1) is 21.1.